The van der Waals surface area contributed by atoms with Crippen LogP contribution >= 0.6 is 0 Å². The van der Waals surface area contributed by atoms with Crippen molar-refractivity contribution in [1.29, 1.82) is 0 Å². The number of carboxylic acid groups (broad SMARTS) is 1. The normalized spacial score (nSPS) is 25.5. The second-order valence-electron chi connectivity index (χ2n) is 6.92. The number of carboxylic acids is 1. The minimum Gasteiger partial charge on any atom is -0.481 e. The van der Waals surface area contributed by atoms with Crippen LogP contribution in [0.4, 0.5) is 0 Å². The third kappa shape index (κ3) is 10.6. The molecule has 1 saturated heterocycles. The molecule has 0 radical (unpaired) electrons. The number of ether oxygens (including phenoxy) is 1. The van der Waals surface area contributed by atoms with Gasteiger partial charge in [-0.15, -0.1) is 0 Å². The van der Waals surface area contributed by atoms with Crippen molar-refractivity contribution in [1.82, 2.24) is 0 Å². The van der Waals surface area contributed by atoms with Gasteiger partial charge in [0.25, 0.3) is 0 Å². The lowest BCUT2D eigenvalue weighted by Crippen LogP contribution is -2.24. The first-order valence-corrected chi connectivity index (χ1v) is 9.98. The molecule has 4 N–H and O–H groups in total. The van der Waals surface area contributed by atoms with E-state index in [1.54, 1.807) is 12.2 Å². The topological polar surface area (TPSA) is 107 Å². The van der Waals surface area contributed by atoms with Crippen LogP contribution in [0.5, 0.6) is 0 Å². The molecule has 0 amide bonds. The first kappa shape index (κ1) is 24.3. The molecule has 1 aliphatic heterocycles. The number of rotatable bonds is 13. The zero-order valence-electron chi connectivity index (χ0n) is 16.6. The smallest absolute Gasteiger partial charge is 0.303 e. The Morgan fingerprint density at radius 1 is 1.11 bits per heavy atom. The predicted octanol–water partition coefficient (Wildman–Crippen LogP) is 2.90. The van der Waals surface area contributed by atoms with Gasteiger partial charge in [-0.1, -0.05) is 55.5 Å². The number of aliphatic hydroxyl groups excluding tert-OH is 3. The van der Waals surface area contributed by atoms with Crippen LogP contribution < -0.4 is 0 Å². The summed E-state index contributed by atoms with van der Waals surface area (Å²) in [6, 6.07) is 0. The number of carbonyl (C=O) groups is 1. The van der Waals surface area contributed by atoms with E-state index in [9.17, 15) is 20.1 Å². The fraction of sp³-hybridized carbons (Fsp3) is 0.591. The van der Waals surface area contributed by atoms with Crippen molar-refractivity contribution in [3.63, 3.8) is 0 Å². The van der Waals surface area contributed by atoms with Gasteiger partial charge >= 0.3 is 5.97 Å². The Labute approximate surface area is 167 Å². The zero-order valence-corrected chi connectivity index (χ0v) is 16.6. The van der Waals surface area contributed by atoms with Gasteiger partial charge in [-0.25, -0.2) is 0 Å². The van der Waals surface area contributed by atoms with Gasteiger partial charge < -0.3 is 25.2 Å². The fourth-order valence-corrected chi connectivity index (χ4v) is 2.87. The molecule has 5 atom stereocenters. The number of allylic oxidation sites excluding steroid dienone is 4. The molecule has 0 bridgehead atoms. The molecule has 0 aliphatic carbocycles. The summed E-state index contributed by atoms with van der Waals surface area (Å²) in [5.74, 6) is -0.853. The van der Waals surface area contributed by atoms with Crippen LogP contribution in [0.1, 0.15) is 51.9 Å². The first-order valence-electron chi connectivity index (χ1n) is 9.98. The summed E-state index contributed by atoms with van der Waals surface area (Å²) < 4.78 is 5.76. The lowest BCUT2D eigenvalue weighted by Gasteiger charge is -2.16. The highest BCUT2D eigenvalue weighted by atomic mass is 16.5. The maximum Gasteiger partial charge on any atom is 0.303 e. The monoisotopic (exact) mass is 394 g/mol. The Balaban J connectivity index is 2.33. The van der Waals surface area contributed by atoms with E-state index in [0.717, 1.165) is 12.8 Å². The van der Waals surface area contributed by atoms with Gasteiger partial charge in [0.2, 0.25) is 0 Å². The predicted molar refractivity (Wildman–Crippen MR) is 109 cm³/mol. The van der Waals surface area contributed by atoms with Crippen molar-refractivity contribution < 1.29 is 30.0 Å². The summed E-state index contributed by atoms with van der Waals surface area (Å²) >= 11 is 0. The molecule has 6 heteroatoms. The van der Waals surface area contributed by atoms with Crippen LogP contribution in [0, 0.1) is 0 Å². The zero-order chi connectivity index (χ0) is 20.8. The van der Waals surface area contributed by atoms with Crippen molar-refractivity contribution >= 4 is 5.97 Å². The highest BCUT2D eigenvalue weighted by molar-refractivity contribution is 5.66. The van der Waals surface area contributed by atoms with Gasteiger partial charge in [-0.2, -0.15) is 0 Å². The Kier molecular flexibility index (Phi) is 12.4. The summed E-state index contributed by atoms with van der Waals surface area (Å²) in [5, 5.41) is 38.8. The van der Waals surface area contributed by atoms with E-state index >= 15 is 0 Å². The van der Waals surface area contributed by atoms with Crippen molar-refractivity contribution in [2.45, 2.75) is 82.4 Å². The number of aliphatic hydroxyl groups is 3. The summed E-state index contributed by atoms with van der Waals surface area (Å²) in [4.78, 5) is 10.4. The van der Waals surface area contributed by atoms with Gasteiger partial charge in [0.05, 0.1) is 30.5 Å². The molecule has 0 aromatic carbocycles. The molecule has 1 heterocycles. The molecule has 0 spiro atoms. The largest absolute Gasteiger partial charge is 0.481 e. The Bertz CT molecular complexity index is 551. The van der Waals surface area contributed by atoms with Gasteiger partial charge in [0.15, 0.2) is 0 Å². The summed E-state index contributed by atoms with van der Waals surface area (Å²) in [6.45, 7) is 2.08. The van der Waals surface area contributed by atoms with Crippen LogP contribution in [0.3, 0.4) is 0 Å². The lowest BCUT2D eigenvalue weighted by molar-refractivity contribution is -0.136. The molecule has 1 aliphatic rings. The molecule has 1 rings (SSSR count). The SMILES string of the molecule is CC/C=C\C/C=C\C[C@H]1O[C@H]([C@H](O)/C=C/[C@H](O)C/C=C\CCC(=O)O)C[C@@H]1O. The minimum absolute atomic E-state index is 0.0638. The van der Waals surface area contributed by atoms with E-state index in [-0.39, 0.29) is 12.5 Å². The molecule has 0 saturated carbocycles. The fourth-order valence-electron chi connectivity index (χ4n) is 2.87. The first-order chi connectivity index (χ1) is 13.4. The third-order valence-electron chi connectivity index (χ3n) is 4.44. The Morgan fingerprint density at radius 2 is 1.86 bits per heavy atom. The molecule has 28 heavy (non-hydrogen) atoms. The lowest BCUT2D eigenvalue weighted by atomic mass is 10.0. The van der Waals surface area contributed by atoms with Gasteiger partial charge in [-0.3, -0.25) is 4.79 Å². The van der Waals surface area contributed by atoms with Gasteiger partial charge in [0, 0.05) is 12.8 Å². The average Bonchev–Trinajstić information content (AvgIpc) is 3.03. The highest BCUT2D eigenvalue weighted by Crippen LogP contribution is 2.26. The van der Waals surface area contributed by atoms with Crippen LogP contribution in [0.25, 0.3) is 0 Å². The molecular weight excluding hydrogens is 360 g/mol. The second-order valence-corrected chi connectivity index (χ2v) is 6.92. The summed E-state index contributed by atoms with van der Waals surface area (Å²) in [5.41, 5.74) is 0. The molecule has 0 aromatic rings. The van der Waals surface area contributed by atoms with E-state index in [1.807, 2.05) is 12.2 Å². The van der Waals surface area contributed by atoms with E-state index in [0.29, 0.717) is 25.7 Å². The third-order valence-corrected chi connectivity index (χ3v) is 4.44. The van der Waals surface area contributed by atoms with Crippen molar-refractivity contribution in [3.8, 4) is 0 Å². The van der Waals surface area contributed by atoms with Gasteiger partial charge in [-0.05, 0) is 32.1 Å². The van der Waals surface area contributed by atoms with E-state index in [4.69, 9.17) is 9.84 Å². The maximum atomic E-state index is 10.4. The minimum atomic E-state index is -0.901. The quantitative estimate of drug-likeness (QED) is 0.358. The van der Waals surface area contributed by atoms with E-state index in [2.05, 4.69) is 19.1 Å². The Hall–Kier alpha value is -1.73. The second kappa shape index (κ2) is 14.3. The molecule has 0 unspecified atom stereocenters. The summed E-state index contributed by atoms with van der Waals surface area (Å²) in [6.07, 6.45) is 15.2. The van der Waals surface area contributed by atoms with Gasteiger partial charge in [0.1, 0.15) is 0 Å². The number of aliphatic carboxylic acids is 1. The molecule has 0 aromatic heterocycles. The van der Waals surface area contributed by atoms with Crippen molar-refractivity contribution in [2.75, 3.05) is 0 Å². The molecule has 1 fully saturated rings. The van der Waals surface area contributed by atoms with Crippen LogP contribution in [0.15, 0.2) is 48.6 Å². The van der Waals surface area contributed by atoms with Crippen molar-refractivity contribution in [3.05, 3.63) is 48.6 Å². The van der Waals surface area contributed by atoms with Crippen molar-refractivity contribution in [2.24, 2.45) is 0 Å². The highest BCUT2D eigenvalue weighted by Gasteiger charge is 2.36. The summed E-state index contributed by atoms with van der Waals surface area (Å²) in [7, 11) is 0. The Morgan fingerprint density at radius 3 is 2.57 bits per heavy atom. The average molecular weight is 395 g/mol. The van der Waals surface area contributed by atoms with Crippen LogP contribution in [0.2, 0.25) is 0 Å². The standard InChI is InChI=1S/C22H34O6/c1-2-3-4-5-6-9-12-20-19(25)16-21(28-20)18(24)15-14-17(23)11-8-7-10-13-22(26)27/h3-4,6-9,14-15,17-21,23-25H,2,5,10-13,16H2,1H3,(H,26,27)/b4-3-,8-7-,9-6-,15-14+/t17-,18-,19+,20-,21+/m1/s1. The van der Waals surface area contributed by atoms with E-state index in [1.165, 1.54) is 12.2 Å². The number of hydrogen-bond donors (Lipinski definition) is 4. The van der Waals surface area contributed by atoms with Crippen LogP contribution in [-0.2, 0) is 9.53 Å². The molecule has 6 nitrogen and oxygen atoms in total. The molecule has 158 valence electrons. The number of hydrogen-bond acceptors (Lipinski definition) is 5. The van der Waals surface area contributed by atoms with Crippen LogP contribution in [-0.4, -0.2) is 56.9 Å². The van der Waals surface area contributed by atoms with E-state index < -0.39 is 30.4 Å². The maximum absolute atomic E-state index is 10.4. The molecular formula is C22H34O6.